The third kappa shape index (κ3) is 6.18. The smallest absolute Gasteiger partial charge is 0.159 e. The molecule has 0 N–H and O–H groups in total. The molecule has 1 fully saturated rings. The first-order valence-corrected chi connectivity index (χ1v) is 23.2. The summed E-state index contributed by atoms with van der Waals surface area (Å²) >= 11 is 0. The Bertz CT molecular complexity index is 3680. The number of anilines is 6. The number of furan rings is 1. The third-order valence-electron chi connectivity index (χ3n) is 14.1. The molecule has 0 amide bonds. The highest BCUT2D eigenvalue weighted by molar-refractivity contribution is 6.29. The molecule has 12 aromatic rings. The largest absolute Gasteiger partial charge is 0.454 e. The lowest BCUT2D eigenvalue weighted by molar-refractivity contribution is 0.442. The molecule has 65 heavy (non-hydrogen) atoms. The number of fused-ring (bicyclic) bond motifs is 5. The molecule has 0 unspecified atom stereocenters. The zero-order valence-corrected chi connectivity index (χ0v) is 36.1. The highest BCUT2D eigenvalue weighted by Crippen LogP contribution is 2.51. The van der Waals surface area contributed by atoms with Gasteiger partial charge in [0.05, 0.1) is 17.1 Å². The molecule has 0 bridgehead atoms. The summed E-state index contributed by atoms with van der Waals surface area (Å²) in [6, 6.07) is 77.7. The Morgan fingerprint density at radius 3 is 1.55 bits per heavy atom. The summed E-state index contributed by atoms with van der Waals surface area (Å²) in [4.78, 5) is 4.84. The third-order valence-corrected chi connectivity index (χ3v) is 14.1. The van der Waals surface area contributed by atoms with Gasteiger partial charge >= 0.3 is 0 Å². The molecule has 3 heteroatoms. The van der Waals surface area contributed by atoms with Gasteiger partial charge in [0.2, 0.25) is 0 Å². The van der Waals surface area contributed by atoms with Gasteiger partial charge in [0, 0.05) is 38.6 Å². The van der Waals surface area contributed by atoms with Crippen LogP contribution < -0.4 is 9.80 Å². The minimum atomic E-state index is 0.499. The number of para-hydroxylation sites is 3. The zero-order chi connectivity index (χ0) is 42.8. The minimum Gasteiger partial charge on any atom is -0.454 e. The Balaban J connectivity index is 1.03. The van der Waals surface area contributed by atoms with E-state index in [1.165, 1.54) is 97.3 Å². The molecule has 3 nitrogen and oxygen atoms in total. The van der Waals surface area contributed by atoms with Gasteiger partial charge in [-0.25, -0.2) is 0 Å². The monoisotopic (exact) mass is 834 g/mol. The lowest BCUT2D eigenvalue weighted by Crippen LogP contribution is -2.11. The maximum absolute atomic E-state index is 7.34. The van der Waals surface area contributed by atoms with E-state index in [0.717, 1.165) is 50.7 Å². The van der Waals surface area contributed by atoms with Crippen molar-refractivity contribution in [3.8, 4) is 11.1 Å². The molecule has 1 aliphatic rings. The molecular weight excluding hydrogens is 789 g/mol. The molecule has 0 aliphatic heterocycles. The Morgan fingerprint density at radius 1 is 0.338 bits per heavy atom. The minimum absolute atomic E-state index is 0.499. The first-order chi connectivity index (χ1) is 32.3. The first kappa shape index (κ1) is 37.7. The Hall–Kier alpha value is -7.88. The maximum Gasteiger partial charge on any atom is 0.159 e. The van der Waals surface area contributed by atoms with Crippen molar-refractivity contribution in [1.29, 1.82) is 0 Å². The van der Waals surface area contributed by atoms with Crippen molar-refractivity contribution >= 4 is 99.2 Å². The van der Waals surface area contributed by atoms with Crippen LogP contribution in [0.3, 0.4) is 0 Å². The fourth-order valence-corrected chi connectivity index (χ4v) is 11.1. The highest BCUT2D eigenvalue weighted by Gasteiger charge is 2.27. The average molecular weight is 835 g/mol. The van der Waals surface area contributed by atoms with Crippen LogP contribution in [-0.4, -0.2) is 0 Å². The van der Waals surface area contributed by atoms with Crippen LogP contribution in [0.15, 0.2) is 217 Å². The van der Waals surface area contributed by atoms with Crippen LogP contribution in [0.1, 0.15) is 43.6 Å². The van der Waals surface area contributed by atoms with E-state index in [0.29, 0.717) is 5.92 Å². The summed E-state index contributed by atoms with van der Waals surface area (Å²) < 4.78 is 7.34. The van der Waals surface area contributed by atoms with Gasteiger partial charge in [-0.15, -0.1) is 0 Å². The van der Waals surface area contributed by atoms with Crippen molar-refractivity contribution in [1.82, 2.24) is 0 Å². The molecule has 0 spiro atoms. The molecule has 13 rings (SSSR count). The van der Waals surface area contributed by atoms with E-state index >= 15 is 0 Å². The van der Waals surface area contributed by atoms with Crippen LogP contribution in [0, 0.1) is 0 Å². The van der Waals surface area contributed by atoms with Crippen LogP contribution in [-0.2, 0) is 0 Å². The van der Waals surface area contributed by atoms with E-state index in [2.05, 4.69) is 222 Å². The van der Waals surface area contributed by atoms with Crippen molar-refractivity contribution in [3.05, 3.63) is 218 Å². The van der Waals surface area contributed by atoms with Gasteiger partial charge in [-0.05, 0) is 128 Å². The lowest BCUT2D eigenvalue weighted by atomic mass is 9.82. The second-order valence-electron chi connectivity index (χ2n) is 17.8. The predicted molar refractivity (Wildman–Crippen MR) is 276 cm³/mol. The molecule has 0 saturated heterocycles. The summed E-state index contributed by atoms with van der Waals surface area (Å²) in [7, 11) is 0. The maximum atomic E-state index is 7.34. The molecule has 0 atom stereocenters. The van der Waals surface area contributed by atoms with Crippen LogP contribution >= 0.6 is 0 Å². The fraction of sp³-hybridized carbons (Fsp3) is 0.0968. The number of rotatable bonds is 8. The Morgan fingerprint density at radius 2 is 0.877 bits per heavy atom. The van der Waals surface area contributed by atoms with Gasteiger partial charge in [0.25, 0.3) is 0 Å². The van der Waals surface area contributed by atoms with Gasteiger partial charge in [0.15, 0.2) is 5.58 Å². The summed E-state index contributed by atoms with van der Waals surface area (Å²) in [6.07, 6.45) is 6.28. The van der Waals surface area contributed by atoms with Gasteiger partial charge in [-0.1, -0.05) is 171 Å². The number of nitrogens with zero attached hydrogens (tertiary/aromatic N) is 2. The van der Waals surface area contributed by atoms with E-state index in [-0.39, 0.29) is 0 Å². The number of hydrogen-bond acceptors (Lipinski definition) is 3. The molecule has 1 saturated carbocycles. The second-order valence-corrected chi connectivity index (χ2v) is 17.8. The Kier molecular flexibility index (Phi) is 8.94. The summed E-state index contributed by atoms with van der Waals surface area (Å²) in [5.74, 6) is 0.499. The normalized spacial score (nSPS) is 13.5. The first-order valence-electron chi connectivity index (χ1n) is 23.2. The van der Waals surface area contributed by atoms with Crippen LogP contribution in [0.5, 0.6) is 0 Å². The molecule has 11 aromatic carbocycles. The lowest BCUT2D eigenvalue weighted by Gasteiger charge is -2.29. The fourth-order valence-electron chi connectivity index (χ4n) is 11.1. The van der Waals surface area contributed by atoms with Crippen molar-refractivity contribution in [2.24, 2.45) is 0 Å². The van der Waals surface area contributed by atoms with Gasteiger partial charge in [0.1, 0.15) is 5.58 Å². The number of hydrogen-bond donors (Lipinski definition) is 0. The molecule has 310 valence electrons. The number of benzene rings is 11. The topological polar surface area (TPSA) is 19.6 Å². The van der Waals surface area contributed by atoms with Crippen molar-refractivity contribution in [2.45, 2.75) is 38.0 Å². The molecule has 1 heterocycles. The van der Waals surface area contributed by atoms with Gasteiger partial charge in [-0.3, -0.25) is 0 Å². The SMILES string of the molecule is c1ccc(-c2ccc(N(c3ccccc3)c3ccc4ccc5c(N(c6ccccc6)c6cccc7c6oc6c(C8CCCCC8)cc8ccccc8c67)ccc6ccc3c4c65)cc2)cc1. The Labute approximate surface area is 378 Å². The molecule has 1 aliphatic carbocycles. The van der Waals surface area contributed by atoms with Crippen LogP contribution in [0.25, 0.3) is 76.2 Å². The summed E-state index contributed by atoms with van der Waals surface area (Å²) in [5, 5.41) is 12.3. The van der Waals surface area contributed by atoms with E-state index in [4.69, 9.17) is 4.42 Å². The molecule has 0 radical (unpaired) electrons. The van der Waals surface area contributed by atoms with Crippen molar-refractivity contribution in [3.63, 3.8) is 0 Å². The van der Waals surface area contributed by atoms with Crippen molar-refractivity contribution in [2.75, 3.05) is 9.80 Å². The van der Waals surface area contributed by atoms with Crippen molar-refractivity contribution < 1.29 is 4.42 Å². The van der Waals surface area contributed by atoms with Gasteiger partial charge < -0.3 is 14.2 Å². The summed E-state index contributed by atoms with van der Waals surface area (Å²) in [5.41, 5.74) is 12.3. The standard InChI is InChI=1S/C62H46N2O/c1-5-16-41(17-6-1)42-28-34-49(35-29-42)63(47-21-9-3-10-22-47)55-38-32-44-31-37-52-56(39-33-45-30-36-51(55)58(44)59(45)52)64(48-23-11-4-12-24-48)57-27-15-26-53-60-50-25-14-13-20-46(50)40-54(62(60)65-61(53)57)43-18-7-2-8-19-43/h1,3-6,9-17,20-40,43H,2,7-8,18-19H2. The quantitative estimate of drug-likeness (QED) is 0.142. The predicted octanol–water partition coefficient (Wildman–Crippen LogP) is 18.3. The van der Waals surface area contributed by atoms with E-state index in [1.54, 1.807) is 0 Å². The van der Waals surface area contributed by atoms with E-state index in [1.807, 2.05) is 0 Å². The van der Waals surface area contributed by atoms with E-state index in [9.17, 15) is 0 Å². The zero-order valence-electron chi connectivity index (χ0n) is 36.1. The van der Waals surface area contributed by atoms with E-state index < -0.39 is 0 Å². The highest BCUT2D eigenvalue weighted by atomic mass is 16.3. The summed E-state index contributed by atoms with van der Waals surface area (Å²) in [6.45, 7) is 0. The molecule has 1 aromatic heterocycles. The van der Waals surface area contributed by atoms with Crippen LogP contribution in [0.2, 0.25) is 0 Å². The molecular formula is C62H46N2O. The second kappa shape index (κ2) is 15.4. The average Bonchev–Trinajstić information content (AvgIpc) is 3.78. The van der Waals surface area contributed by atoms with Gasteiger partial charge in [-0.2, -0.15) is 0 Å². The van der Waals surface area contributed by atoms with Crippen LogP contribution in [0.4, 0.5) is 34.1 Å².